The highest BCUT2D eigenvalue weighted by Crippen LogP contribution is 2.35. The van der Waals surface area contributed by atoms with Crippen molar-refractivity contribution in [2.75, 3.05) is 11.5 Å². The number of aromatic nitrogens is 2. The molecule has 0 aliphatic carbocycles. The van der Waals surface area contributed by atoms with Crippen LogP contribution in [0.4, 0.5) is 0 Å². The molecule has 1 atom stereocenters. The molecule has 0 radical (unpaired) electrons. The highest BCUT2D eigenvalue weighted by atomic mass is 35.5. The van der Waals surface area contributed by atoms with E-state index in [1.54, 1.807) is 4.68 Å². The highest BCUT2D eigenvalue weighted by molar-refractivity contribution is 7.91. The number of sulfone groups is 1. The first-order chi connectivity index (χ1) is 8.33. The van der Waals surface area contributed by atoms with Crippen molar-refractivity contribution in [1.29, 1.82) is 0 Å². The maximum absolute atomic E-state index is 11.7. The van der Waals surface area contributed by atoms with Crippen molar-refractivity contribution in [3.63, 3.8) is 0 Å². The number of nitrogens with zero attached hydrogens (tertiary/aromatic N) is 2. The van der Waals surface area contributed by atoms with Crippen molar-refractivity contribution in [3.05, 3.63) is 16.4 Å². The summed E-state index contributed by atoms with van der Waals surface area (Å²) in [6.07, 6.45) is 1.28. The van der Waals surface area contributed by atoms with Crippen LogP contribution in [0.3, 0.4) is 0 Å². The van der Waals surface area contributed by atoms with E-state index in [1.165, 1.54) is 0 Å². The lowest BCUT2D eigenvalue weighted by molar-refractivity contribution is 0.327. The monoisotopic (exact) mass is 310 g/mol. The van der Waals surface area contributed by atoms with Crippen molar-refractivity contribution < 1.29 is 8.42 Å². The van der Waals surface area contributed by atoms with Crippen LogP contribution >= 0.6 is 23.2 Å². The van der Waals surface area contributed by atoms with E-state index in [9.17, 15) is 8.42 Å². The highest BCUT2D eigenvalue weighted by Gasteiger charge is 2.42. The Morgan fingerprint density at radius 3 is 2.56 bits per heavy atom. The van der Waals surface area contributed by atoms with Crippen molar-refractivity contribution in [2.45, 2.75) is 38.1 Å². The van der Waals surface area contributed by atoms with Gasteiger partial charge >= 0.3 is 0 Å². The minimum Gasteiger partial charge on any atom is -0.247 e. The summed E-state index contributed by atoms with van der Waals surface area (Å²) in [5.41, 5.74) is 1.11. The summed E-state index contributed by atoms with van der Waals surface area (Å²) in [5, 5.41) is 4.93. The fraction of sp³-hybridized carbons (Fsp3) is 0.727. The van der Waals surface area contributed by atoms with E-state index in [2.05, 4.69) is 5.10 Å². The van der Waals surface area contributed by atoms with Gasteiger partial charge in [0.2, 0.25) is 0 Å². The second kappa shape index (κ2) is 4.69. The molecule has 1 saturated heterocycles. The number of halogens is 2. The maximum Gasteiger partial charge on any atom is 0.152 e. The fourth-order valence-electron chi connectivity index (χ4n) is 2.41. The first kappa shape index (κ1) is 14.2. The molecule has 7 heteroatoms. The van der Waals surface area contributed by atoms with Crippen molar-refractivity contribution in [3.8, 4) is 0 Å². The Morgan fingerprint density at radius 1 is 1.50 bits per heavy atom. The smallest absolute Gasteiger partial charge is 0.152 e. The van der Waals surface area contributed by atoms with Crippen LogP contribution in [0.5, 0.6) is 0 Å². The summed E-state index contributed by atoms with van der Waals surface area (Å²) in [6.45, 7) is 3.86. The minimum atomic E-state index is -2.99. The third kappa shape index (κ3) is 2.28. The Bertz CT molecular complexity index is 568. The van der Waals surface area contributed by atoms with Gasteiger partial charge in [-0.2, -0.15) is 5.10 Å². The number of hydrogen-bond acceptors (Lipinski definition) is 3. The molecule has 2 heterocycles. The summed E-state index contributed by atoms with van der Waals surface area (Å²) in [5.74, 6) is 0.578. The lowest BCUT2D eigenvalue weighted by Gasteiger charge is -2.23. The predicted molar refractivity (Wildman–Crippen MR) is 73.1 cm³/mol. The van der Waals surface area contributed by atoms with Crippen LogP contribution in [0.1, 0.15) is 31.5 Å². The van der Waals surface area contributed by atoms with E-state index in [0.29, 0.717) is 17.5 Å². The number of hydrogen-bond donors (Lipinski definition) is 0. The average molecular weight is 311 g/mol. The molecular weight excluding hydrogens is 295 g/mol. The van der Waals surface area contributed by atoms with Gasteiger partial charge in [0, 0.05) is 5.56 Å². The average Bonchev–Trinajstić information content (AvgIpc) is 2.77. The fourth-order valence-corrected chi connectivity index (χ4v) is 5.28. The Hall–Kier alpha value is -0.260. The molecule has 0 saturated carbocycles. The molecule has 0 aromatic carbocycles. The Balaban J connectivity index is 2.49. The Kier molecular flexibility index (Phi) is 3.69. The third-order valence-electron chi connectivity index (χ3n) is 3.47. The second-order valence-electron chi connectivity index (χ2n) is 4.95. The number of alkyl halides is 1. The molecule has 1 aliphatic rings. The summed E-state index contributed by atoms with van der Waals surface area (Å²) < 4.78 is 25.0. The largest absolute Gasteiger partial charge is 0.247 e. The molecule has 4 nitrogen and oxygen atoms in total. The van der Waals surface area contributed by atoms with Crippen LogP contribution in [-0.4, -0.2) is 29.7 Å². The molecule has 1 aromatic heterocycles. The van der Waals surface area contributed by atoms with Crippen LogP contribution in [0, 0.1) is 0 Å². The van der Waals surface area contributed by atoms with Crippen LogP contribution in [-0.2, 0) is 27.7 Å². The second-order valence-corrected chi connectivity index (χ2v) is 7.76. The molecule has 102 valence electrons. The van der Waals surface area contributed by atoms with E-state index >= 15 is 0 Å². The van der Waals surface area contributed by atoms with Gasteiger partial charge in [0.15, 0.2) is 9.84 Å². The van der Waals surface area contributed by atoms with Crippen molar-refractivity contribution >= 4 is 33.0 Å². The molecule has 0 N–H and O–H groups in total. The summed E-state index contributed by atoms with van der Waals surface area (Å²) in [4.78, 5) is 0. The van der Waals surface area contributed by atoms with Crippen molar-refractivity contribution in [2.24, 2.45) is 0 Å². The topological polar surface area (TPSA) is 52.0 Å². The zero-order valence-corrected chi connectivity index (χ0v) is 12.7. The van der Waals surface area contributed by atoms with E-state index in [1.807, 2.05) is 13.8 Å². The minimum absolute atomic E-state index is 0.0896. The van der Waals surface area contributed by atoms with Gasteiger partial charge in [0.1, 0.15) is 5.15 Å². The maximum atomic E-state index is 11.7. The van der Waals surface area contributed by atoms with Gasteiger partial charge in [0.05, 0.1) is 28.6 Å². The van der Waals surface area contributed by atoms with Crippen molar-refractivity contribution in [1.82, 2.24) is 9.78 Å². The Morgan fingerprint density at radius 2 is 2.17 bits per heavy atom. The molecule has 18 heavy (non-hydrogen) atoms. The zero-order chi connectivity index (χ0) is 13.6. The van der Waals surface area contributed by atoms with Gasteiger partial charge in [-0.3, -0.25) is 0 Å². The standard InChI is InChI=1S/C11H16Cl2N2O2S/c1-3-9-8(6-12)10(13)15(14-9)11(2)4-5-18(16,17)7-11/h3-7H2,1-2H3. The molecule has 2 rings (SSSR count). The molecule has 0 spiro atoms. The lowest BCUT2D eigenvalue weighted by Crippen LogP contribution is -2.32. The lowest BCUT2D eigenvalue weighted by atomic mass is 10.0. The van der Waals surface area contributed by atoms with Gasteiger partial charge in [-0.25, -0.2) is 13.1 Å². The first-order valence-corrected chi connectivity index (χ1v) is 8.59. The number of aryl methyl sites for hydroxylation is 1. The van der Waals surface area contributed by atoms with Crippen LogP contribution in [0.25, 0.3) is 0 Å². The zero-order valence-electron chi connectivity index (χ0n) is 10.4. The number of rotatable bonds is 3. The SMILES string of the molecule is CCc1nn(C2(C)CCS(=O)(=O)C2)c(Cl)c1CCl. The quantitative estimate of drug-likeness (QED) is 0.805. The molecule has 1 fully saturated rings. The van der Waals surface area contributed by atoms with Gasteiger partial charge in [-0.05, 0) is 19.8 Å². The van der Waals surface area contributed by atoms with E-state index in [-0.39, 0.29) is 11.5 Å². The predicted octanol–water partition coefficient (Wildman–Crippen LogP) is 2.37. The first-order valence-electron chi connectivity index (χ1n) is 5.86. The molecule has 1 unspecified atom stereocenters. The van der Waals surface area contributed by atoms with Crippen LogP contribution < -0.4 is 0 Å². The molecule has 0 amide bonds. The third-order valence-corrected chi connectivity index (χ3v) is 6.01. The van der Waals surface area contributed by atoms with E-state index in [0.717, 1.165) is 17.7 Å². The van der Waals surface area contributed by atoms with E-state index in [4.69, 9.17) is 23.2 Å². The van der Waals surface area contributed by atoms with Gasteiger partial charge < -0.3 is 0 Å². The van der Waals surface area contributed by atoms with Gasteiger partial charge in [0.25, 0.3) is 0 Å². The Labute approximate surface area is 117 Å². The summed E-state index contributed by atoms with van der Waals surface area (Å²) >= 11 is 12.2. The normalized spacial score (nSPS) is 26.7. The molecule has 0 bridgehead atoms. The molecule has 1 aromatic rings. The summed E-state index contributed by atoms with van der Waals surface area (Å²) in [6, 6.07) is 0. The molecule has 1 aliphatic heterocycles. The van der Waals surface area contributed by atoms with E-state index < -0.39 is 15.4 Å². The molecular formula is C11H16Cl2N2O2S. The van der Waals surface area contributed by atoms with Crippen LogP contribution in [0.2, 0.25) is 5.15 Å². The van der Waals surface area contributed by atoms with Gasteiger partial charge in [-0.15, -0.1) is 11.6 Å². The summed E-state index contributed by atoms with van der Waals surface area (Å²) in [7, 11) is -2.99. The van der Waals surface area contributed by atoms with Crippen LogP contribution in [0.15, 0.2) is 0 Å². The van der Waals surface area contributed by atoms with Gasteiger partial charge in [-0.1, -0.05) is 18.5 Å².